The van der Waals surface area contributed by atoms with Gasteiger partial charge in [0.2, 0.25) is 0 Å². The van der Waals surface area contributed by atoms with Gasteiger partial charge < -0.3 is 20.1 Å². The molecule has 0 fully saturated rings. The lowest BCUT2D eigenvalue weighted by molar-refractivity contribution is -0.0494. The summed E-state index contributed by atoms with van der Waals surface area (Å²) in [6.45, 7) is 1.03. The van der Waals surface area contributed by atoms with Crippen LogP contribution in [0.4, 0.5) is 14.5 Å². The quantitative estimate of drug-likeness (QED) is 0.728. The third-order valence-electron chi connectivity index (χ3n) is 3.27. The lowest BCUT2D eigenvalue weighted by Gasteiger charge is -2.16. The van der Waals surface area contributed by atoms with E-state index >= 15 is 0 Å². The highest BCUT2D eigenvalue weighted by atomic mass is 32.1. The Morgan fingerprint density at radius 3 is 2.32 bits per heavy atom. The zero-order valence-electron chi connectivity index (χ0n) is 14.2. The molecule has 0 amide bonds. The number of ether oxygens (including phenoxy) is 2. The van der Waals surface area contributed by atoms with Crippen molar-refractivity contribution in [3.8, 4) is 22.6 Å². The summed E-state index contributed by atoms with van der Waals surface area (Å²) in [5, 5.41) is 6.56. The molecule has 0 aliphatic rings. The van der Waals surface area contributed by atoms with Crippen LogP contribution >= 0.6 is 12.2 Å². The van der Waals surface area contributed by atoms with Gasteiger partial charge in [-0.2, -0.15) is 8.78 Å². The van der Waals surface area contributed by atoms with Gasteiger partial charge in [0.1, 0.15) is 11.5 Å². The van der Waals surface area contributed by atoms with Crippen molar-refractivity contribution in [2.75, 3.05) is 12.4 Å². The number of nitrogens with one attached hydrogen (secondary N) is 2. The van der Waals surface area contributed by atoms with Gasteiger partial charge >= 0.3 is 6.61 Å². The van der Waals surface area contributed by atoms with Crippen molar-refractivity contribution in [3.63, 3.8) is 0 Å². The molecule has 0 heterocycles. The van der Waals surface area contributed by atoms with Gasteiger partial charge in [0, 0.05) is 17.3 Å². The molecule has 0 saturated carbocycles. The highest BCUT2D eigenvalue weighted by Gasteiger charge is 2.13. The minimum atomic E-state index is -2.90. The Morgan fingerprint density at radius 1 is 1.08 bits per heavy atom. The van der Waals surface area contributed by atoms with Gasteiger partial charge in [-0.05, 0) is 62.0 Å². The van der Waals surface area contributed by atoms with Crippen molar-refractivity contribution in [1.82, 2.24) is 5.32 Å². The fraction of sp³-hybridized carbons (Fsp3) is 0.278. The smallest absolute Gasteiger partial charge is 0.387 e. The molecule has 0 saturated heterocycles. The zero-order valence-corrected chi connectivity index (χ0v) is 15.0. The maximum absolute atomic E-state index is 12.7. The second-order valence-corrected chi connectivity index (χ2v) is 5.98. The molecular weight excluding hydrogens is 346 g/mol. The Hall–Kier alpha value is -2.41. The van der Waals surface area contributed by atoms with Crippen molar-refractivity contribution < 1.29 is 18.3 Å². The van der Waals surface area contributed by atoms with Crippen LogP contribution in [0.1, 0.15) is 13.8 Å². The van der Waals surface area contributed by atoms with Crippen LogP contribution in [-0.2, 0) is 0 Å². The zero-order chi connectivity index (χ0) is 18.4. The summed E-state index contributed by atoms with van der Waals surface area (Å²) in [6, 6.07) is 12.1. The Balaban J connectivity index is 2.34. The highest BCUT2D eigenvalue weighted by molar-refractivity contribution is 7.80. The third kappa shape index (κ3) is 5.56. The molecule has 25 heavy (non-hydrogen) atoms. The molecule has 0 atom stereocenters. The number of anilines is 1. The monoisotopic (exact) mass is 366 g/mol. The first-order valence-corrected chi connectivity index (χ1v) is 8.10. The van der Waals surface area contributed by atoms with Crippen molar-refractivity contribution in [2.45, 2.75) is 26.5 Å². The van der Waals surface area contributed by atoms with Gasteiger partial charge in [0.05, 0.1) is 7.11 Å². The number of hydrogen-bond donors (Lipinski definition) is 2. The van der Waals surface area contributed by atoms with Crippen molar-refractivity contribution in [3.05, 3.63) is 42.5 Å². The van der Waals surface area contributed by atoms with Gasteiger partial charge in [-0.15, -0.1) is 0 Å². The summed E-state index contributed by atoms with van der Waals surface area (Å²) >= 11 is 5.22. The Morgan fingerprint density at radius 2 is 1.76 bits per heavy atom. The molecule has 0 spiro atoms. The average Bonchev–Trinajstić information content (AvgIpc) is 2.55. The topological polar surface area (TPSA) is 42.5 Å². The predicted octanol–water partition coefficient (Wildman–Crippen LogP) is 4.66. The Labute approximate surface area is 151 Å². The molecule has 2 rings (SSSR count). The summed E-state index contributed by atoms with van der Waals surface area (Å²) < 4.78 is 35.2. The van der Waals surface area contributed by atoms with E-state index in [1.165, 1.54) is 6.07 Å². The van der Waals surface area contributed by atoms with Crippen molar-refractivity contribution in [2.24, 2.45) is 0 Å². The summed E-state index contributed by atoms with van der Waals surface area (Å²) in [7, 11) is 1.56. The lowest BCUT2D eigenvalue weighted by atomic mass is 10.0. The van der Waals surface area contributed by atoms with Gasteiger partial charge in [-0.25, -0.2) is 0 Å². The summed E-state index contributed by atoms with van der Waals surface area (Å²) in [5.41, 5.74) is 1.92. The average molecular weight is 366 g/mol. The second kappa shape index (κ2) is 8.62. The fourth-order valence-electron chi connectivity index (χ4n) is 2.23. The largest absolute Gasteiger partial charge is 0.497 e. The number of alkyl halides is 2. The Bertz CT molecular complexity index is 722. The molecule has 0 bridgehead atoms. The van der Waals surface area contributed by atoms with E-state index in [1.54, 1.807) is 43.5 Å². The van der Waals surface area contributed by atoms with Gasteiger partial charge in [-0.3, -0.25) is 0 Å². The van der Waals surface area contributed by atoms with E-state index in [9.17, 15) is 8.78 Å². The maximum atomic E-state index is 12.7. The van der Waals surface area contributed by atoms with Crippen LogP contribution in [-0.4, -0.2) is 24.9 Å². The van der Waals surface area contributed by atoms with E-state index in [0.29, 0.717) is 22.1 Å². The molecule has 134 valence electrons. The van der Waals surface area contributed by atoms with E-state index in [0.717, 1.165) is 5.56 Å². The number of rotatable bonds is 6. The van der Waals surface area contributed by atoms with Gasteiger partial charge in [-0.1, -0.05) is 12.1 Å². The molecule has 7 heteroatoms. The van der Waals surface area contributed by atoms with E-state index < -0.39 is 6.61 Å². The number of halogens is 2. The van der Waals surface area contributed by atoms with E-state index in [4.69, 9.17) is 17.0 Å². The normalized spacial score (nSPS) is 10.7. The lowest BCUT2D eigenvalue weighted by Crippen LogP contribution is -2.33. The molecule has 2 aromatic rings. The standard InChI is InChI=1S/C18H20F2N2O2S/c1-11(2)21-18(25)22-13-6-9-16(24-17(19)20)15(10-13)12-4-7-14(23-3)8-5-12/h4-11,17H,1-3H3,(H2,21,22,25). The second-order valence-electron chi connectivity index (χ2n) is 5.57. The molecule has 2 aromatic carbocycles. The van der Waals surface area contributed by atoms with Crippen molar-refractivity contribution in [1.29, 1.82) is 0 Å². The van der Waals surface area contributed by atoms with E-state index in [-0.39, 0.29) is 11.8 Å². The van der Waals surface area contributed by atoms with Crippen LogP contribution < -0.4 is 20.1 Å². The first-order chi connectivity index (χ1) is 11.9. The maximum Gasteiger partial charge on any atom is 0.387 e. The summed E-state index contributed by atoms with van der Waals surface area (Å²) in [6.07, 6.45) is 0. The fourth-order valence-corrected chi connectivity index (χ4v) is 2.59. The van der Waals surface area contributed by atoms with Crippen LogP contribution in [0.3, 0.4) is 0 Å². The SMILES string of the molecule is COc1ccc(-c2cc(NC(=S)NC(C)C)ccc2OC(F)F)cc1. The van der Waals surface area contributed by atoms with Gasteiger partial charge in [0.25, 0.3) is 0 Å². The van der Waals surface area contributed by atoms with Gasteiger partial charge in [0.15, 0.2) is 5.11 Å². The van der Waals surface area contributed by atoms with Crippen LogP contribution in [0.15, 0.2) is 42.5 Å². The van der Waals surface area contributed by atoms with Crippen LogP contribution in [0.2, 0.25) is 0 Å². The minimum Gasteiger partial charge on any atom is -0.497 e. The van der Waals surface area contributed by atoms with E-state index in [1.807, 2.05) is 13.8 Å². The first kappa shape index (κ1) is 18.9. The Kier molecular flexibility index (Phi) is 6.52. The molecule has 0 aliphatic carbocycles. The van der Waals surface area contributed by atoms with Crippen molar-refractivity contribution >= 4 is 23.0 Å². The molecule has 0 aliphatic heterocycles. The molecule has 0 radical (unpaired) electrons. The van der Waals surface area contributed by atoms with Crippen LogP contribution in [0, 0.1) is 0 Å². The van der Waals surface area contributed by atoms with Crippen LogP contribution in [0.5, 0.6) is 11.5 Å². The number of hydrogen-bond acceptors (Lipinski definition) is 3. The van der Waals surface area contributed by atoms with E-state index in [2.05, 4.69) is 15.4 Å². The van der Waals surface area contributed by atoms with Crippen LogP contribution in [0.25, 0.3) is 11.1 Å². The molecule has 2 N–H and O–H groups in total. The highest BCUT2D eigenvalue weighted by Crippen LogP contribution is 2.34. The number of benzene rings is 2. The number of thiocarbonyl (C=S) groups is 1. The predicted molar refractivity (Wildman–Crippen MR) is 99.6 cm³/mol. The summed E-state index contributed by atoms with van der Waals surface area (Å²) in [4.78, 5) is 0. The summed E-state index contributed by atoms with van der Waals surface area (Å²) in [5.74, 6) is 0.769. The molecule has 0 aromatic heterocycles. The number of methoxy groups -OCH3 is 1. The molecular formula is C18H20F2N2O2S. The third-order valence-corrected chi connectivity index (χ3v) is 3.49. The molecule has 0 unspecified atom stereocenters. The first-order valence-electron chi connectivity index (χ1n) is 7.70. The minimum absolute atomic E-state index is 0.0912. The molecule has 4 nitrogen and oxygen atoms in total.